The van der Waals surface area contributed by atoms with Gasteiger partial charge in [-0.25, -0.2) is 19.2 Å². The molecule has 3 aromatic heterocycles. The third kappa shape index (κ3) is 3.44. The zero-order valence-electron chi connectivity index (χ0n) is 16.2. The fourth-order valence-corrected chi connectivity index (χ4v) is 3.56. The monoisotopic (exact) mass is 413 g/mol. The fourth-order valence-electron chi connectivity index (χ4n) is 3.56. The van der Waals surface area contributed by atoms with Crippen molar-refractivity contribution in [1.29, 1.82) is 0 Å². The first-order chi connectivity index (χ1) is 15.1. The molecule has 5 aromatic rings. The summed E-state index contributed by atoms with van der Waals surface area (Å²) < 4.78 is 16.4. The van der Waals surface area contributed by atoms with Crippen LogP contribution in [-0.4, -0.2) is 30.7 Å². The minimum atomic E-state index is -1.10. The van der Waals surface area contributed by atoms with Gasteiger partial charge >= 0.3 is 6.09 Å². The Morgan fingerprint density at radius 1 is 1.10 bits per heavy atom. The smallest absolute Gasteiger partial charge is 0.404 e. The Morgan fingerprint density at radius 2 is 1.97 bits per heavy atom. The maximum atomic E-state index is 14.5. The van der Waals surface area contributed by atoms with E-state index in [1.54, 1.807) is 42.7 Å². The molecule has 0 saturated heterocycles. The van der Waals surface area contributed by atoms with Crippen LogP contribution in [0.25, 0.3) is 39.0 Å². The van der Waals surface area contributed by atoms with Gasteiger partial charge in [0.2, 0.25) is 0 Å². The summed E-state index contributed by atoms with van der Waals surface area (Å²) in [4.78, 5) is 24.3. The van der Waals surface area contributed by atoms with Gasteiger partial charge in [0.05, 0.1) is 16.6 Å². The number of amides is 1. The van der Waals surface area contributed by atoms with Crippen molar-refractivity contribution in [2.75, 3.05) is 0 Å². The number of hydrogen-bond donors (Lipinski definition) is 2. The van der Waals surface area contributed by atoms with Crippen LogP contribution in [0, 0.1) is 5.82 Å². The lowest BCUT2D eigenvalue weighted by molar-refractivity contribution is 0.194. The number of nitrogens with one attached hydrogen (secondary N) is 1. The average molecular weight is 413 g/mol. The van der Waals surface area contributed by atoms with Crippen molar-refractivity contribution in [2.45, 2.75) is 6.54 Å². The Bertz CT molecular complexity index is 1450. The molecule has 0 bridgehead atoms. The number of benzene rings is 2. The molecule has 0 atom stereocenters. The molecular formula is C23H16FN5O2. The Morgan fingerprint density at radius 3 is 2.81 bits per heavy atom. The summed E-state index contributed by atoms with van der Waals surface area (Å²) in [6, 6.07) is 15.6. The van der Waals surface area contributed by atoms with Crippen LogP contribution in [0.15, 0.2) is 73.2 Å². The third-order valence-corrected chi connectivity index (χ3v) is 5.02. The molecule has 152 valence electrons. The van der Waals surface area contributed by atoms with E-state index in [9.17, 15) is 9.18 Å². The van der Waals surface area contributed by atoms with Crippen LogP contribution in [0.3, 0.4) is 0 Å². The molecule has 3 heterocycles. The second kappa shape index (κ2) is 7.49. The number of hydrogen-bond acceptors (Lipinski definition) is 4. The van der Waals surface area contributed by atoms with Gasteiger partial charge in [-0.1, -0.05) is 18.2 Å². The number of rotatable bonds is 4. The molecule has 0 radical (unpaired) electrons. The zero-order valence-corrected chi connectivity index (χ0v) is 16.2. The molecular weight excluding hydrogens is 397 g/mol. The highest BCUT2D eigenvalue weighted by Gasteiger charge is 2.16. The van der Waals surface area contributed by atoms with Crippen molar-refractivity contribution in [3.63, 3.8) is 0 Å². The average Bonchev–Trinajstić information content (AvgIpc) is 3.21. The summed E-state index contributed by atoms with van der Waals surface area (Å²) in [5.74, 6) is 0.436. The summed E-state index contributed by atoms with van der Waals surface area (Å²) in [5.41, 5.74) is 2.58. The van der Waals surface area contributed by atoms with E-state index in [-0.39, 0.29) is 12.4 Å². The molecule has 0 aliphatic carbocycles. The van der Waals surface area contributed by atoms with Crippen molar-refractivity contribution in [3.05, 3.63) is 84.6 Å². The van der Waals surface area contributed by atoms with E-state index in [4.69, 9.17) is 10.1 Å². The van der Waals surface area contributed by atoms with Crippen LogP contribution in [0.5, 0.6) is 0 Å². The SMILES string of the molecule is O=C(O)NCc1ccc2nc(-c3ccccc3F)nc(-n3ccc4cnccc43)c2c1. The molecule has 0 fully saturated rings. The van der Waals surface area contributed by atoms with E-state index >= 15 is 0 Å². The van der Waals surface area contributed by atoms with Gasteiger partial charge in [0.15, 0.2) is 5.82 Å². The number of fused-ring (bicyclic) bond motifs is 2. The standard InChI is InChI=1S/C23H16FN5O2/c24-18-4-2-1-3-16(18)21-27-19-6-5-14(12-26-23(30)31)11-17(19)22(28-21)29-10-8-15-13-25-9-7-20(15)29/h1-11,13,26H,12H2,(H,30,31). The maximum Gasteiger partial charge on any atom is 0.404 e. The van der Waals surface area contributed by atoms with E-state index in [0.717, 1.165) is 21.9 Å². The lowest BCUT2D eigenvalue weighted by atomic mass is 10.1. The highest BCUT2D eigenvalue weighted by Crippen LogP contribution is 2.29. The van der Waals surface area contributed by atoms with Gasteiger partial charge < -0.3 is 15.0 Å². The summed E-state index contributed by atoms with van der Waals surface area (Å²) in [6.07, 6.45) is 4.23. The largest absolute Gasteiger partial charge is 0.465 e. The first kappa shape index (κ1) is 18.7. The van der Waals surface area contributed by atoms with Crippen LogP contribution in [0.1, 0.15) is 5.56 Å². The molecule has 7 nitrogen and oxygen atoms in total. The van der Waals surface area contributed by atoms with Crippen LogP contribution < -0.4 is 5.32 Å². The van der Waals surface area contributed by atoms with Crippen LogP contribution in [-0.2, 0) is 6.54 Å². The Balaban J connectivity index is 1.77. The summed E-state index contributed by atoms with van der Waals surface area (Å²) in [7, 11) is 0. The van der Waals surface area contributed by atoms with Gasteiger partial charge in [-0.05, 0) is 42.0 Å². The molecule has 8 heteroatoms. The lowest BCUT2D eigenvalue weighted by Crippen LogP contribution is -2.19. The molecule has 0 aliphatic rings. The van der Waals surface area contributed by atoms with Crippen molar-refractivity contribution >= 4 is 27.9 Å². The van der Waals surface area contributed by atoms with E-state index in [1.165, 1.54) is 6.07 Å². The number of carboxylic acid groups (broad SMARTS) is 1. The Labute approximate surface area is 175 Å². The Hall–Kier alpha value is -4.33. The van der Waals surface area contributed by atoms with Gasteiger partial charge in [-0.3, -0.25) is 4.98 Å². The number of carbonyl (C=O) groups is 1. The molecule has 2 N–H and O–H groups in total. The van der Waals surface area contributed by atoms with Crippen molar-refractivity contribution in [1.82, 2.24) is 24.8 Å². The summed E-state index contributed by atoms with van der Waals surface area (Å²) in [5, 5.41) is 12.9. The van der Waals surface area contributed by atoms with Crippen molar-refractivity contribution < 1.29 is 14.3 Å². The molecule has 0 spiro atoms. The van der Waals surface area contributed by atoms with Crippen LogP contribution >= 0.6 is 0 Å². The molecule has 0 unspecified atom stereocenters. The zero-order chi connectivity index (χ0) is 21.4. The van der Waals surface area contributed by atoms with E-state index in [0.29, 0.717) is 16.9 Å². The predicted octanol–water partition coefficient (Wildman–Crippen LogP) is 4.54. The van der Waals surface area contributed by atoms with Gasteiger partial charge in [0.25, 0.3) is 0 Å². The molecule has 2 aromatic carbocycles. The minimum absolute atomic E-state index is 0.149. The quantitative estimate of drug-likeness (QED) is 0.451. The number of halogens is 1. The second-order valence-electron chi connectivity index (χ2n) is 6.98. The summed E-state index contributed by atoms with van der Waals surface area (Å²) in [6.45, 7) is 0.149. The number of nitrogens with zero attached hydrogens (tertiary/aromatic N) is 4. The normalized spacial score (nSPS) is 11.1. The van der Waals surface area contributed by atoms with E-state index < -0.39 is 11.9 Å². The molecule has 5 rings (SSSR count). The predicted molar refractivity (Wildman–Crippen MR) is 114 cm³/mol. The van der Waals surface area contributed by atoms with Crippen LogP contribution in [0.4, 0.5) is 9.18 Å². The lowest BCUT2D eigenvalue weighted by Gasteiger charge is -2.13. The maximum absolute atomic E-state index is 14.5. The minimum Gasteiger partial charge on any atom is -0.465 e. The molecule has 1 amide bonds. The number of aromatic nitrogens is 4. The van der Waals surface area contributed by atoms with Crippen molar-refractivity contribution in [2.24, 2.45) is 0 Å². The van der Waals surface area contributed by atoms with E-state index in [1.807, 2.05) is 29.0 Å². The summed E-state index contributed by atoms with van der Waals surface area (Å²) >= 11 is 0. The van der Waals surface area contributed by atoms with E-state index in [2.05, 4.69) is 15.3 Å². The third-order valence-electron chi connectivity index (χ3n) is 5.02. The van der Waals surface area contributed by atoms with Gasteiger partial charge in [0.1, 0.15) is 11.6 Å². The fraction of sp³-hybridized carbons (Fsp3) is 0.0435. The molecule has 0 saturated carbocycles. The molecule has 31 heavy (non-hydrogen) atoms. The first-order valence-corrected chi connectivity index (χ1v) is 9.54. The Kier molecular flexibility index (Phi) is 4.51. The van der Waals surface area contributed by atoms with Gasteiger partial charge in [-0.2, -0.15) is 0 Å². The highest BCUT2D eigenvalue weighted by atomic mass is 19.1. The second-order valence-corrected chi connectivity index (χ2v) is 6.98. The van der Waals surface area contributed by atoms with Gasteiger partial charge in [-0.15, -0.1) is 0 Å². The first-order valence-electron chi connectivity index (χ1n) is 9.54. The van der Waals surface area contributed by atoms with Crippen LogP contribution in [0.2, 0.25) is 0 Å². The number of pyridine rings is 1. The molecule has 0 aliphatic heterocycles. The van der Waals surface area contributed by atoms with Gasteiger partial charge in [0, 0.05) is 35.9 Å². The van der Waals surface area contributed by atoms with Crippen molar-refractivity contribution in [3.8, 4) is 17.2 Å². The topological polar surface area (TPSA) is 92.9 Å². The highest BCUT2D eigenvalue weighted by molar-refractivity contribution is 5.91.